The number of ether oxygens (including phenoxy) is 3. The number of esters is 2. The molecule has 0 aromatic heterocycles. The SMILES string of the molecule is CCCCCC/C=C/CCCCCCCCCC(=O)OC(COCCC(C(=O)O)[N+](C)(C)C)COC(=O)CCCCCCC/C=C/CCCCCCCCC. The highest BCUT2D eigenvalue weighted by Gasteiger charge is 2.31. The Hall–Kier alpha value is -2.19. The Morgan fingerprint density at radius 3 is 1.33 bits per heavy atom. The average Bonchev–Trinajstić information content (AvgIpc) is 3.14. The van der Waals surface area contributed by atoms with E-state index < -0.39 is 18.1 Å². The van der Waals surface area contributed by atoms with Crippen molar-refractivity contribution in [1.29, 1.82) is 0 Å². The molecule has 8 heteroatoms. The Balaban J connectivity index is 4.33. The highest BCUT2D eigenvalue weighted by molar-refractivity contribution is 5.72. The molecule has 322 valence electrons. The summed E-state index contributed by atoms with van der Waals surface area (Å²) in [5.41, 5.74) is 0. The smallest absolute Gasteiger partial charge is 0.362 e. The number of carbonyl (C=O) groups is 3. The fourth-order valence-electron chi connectivity index (χ4n) is 6.73. The predicted octanol–water partition coefficient (Wildman–Crippen LogP) is 12.5. The van der Waals surface area contributed by atoms with Crippen LogP contribution in [0.25, 0.3) is 0 Å². The van der Waals surface area contributed by atoms with Gasteiger partial charge >= 0.3 is 17.9 Å². The van der Waals surface area contributed by atoms with Crippen molar-refractivity contribution < 1.29 is 38.2 Å². The molecule has 0 spiro atoms. The van der Waals surface area contributed by atoms with Gasteiger partial charge in [-0.1, -0.05) is 147 Å². The second-order valence-corrected chi connectivity index (χ2v) is 16.7. The fourth-order valence-corrected chi connectivity index (χ4v) is 6.73. The Bertz CT molecular complexity index is 957. The quantitative estimate of drug-likeness (QED) is 0.0285. The third kappa shape index (κ3) is 37.2. The zero-order valence-corrected chi connectivity index (χ0v) is 36.6. The summed E-state index contributed by atoms with van der Waals surface area (Å²) >= 11 is 0. The molecular weight excluding hydrogens is 691 g/mol. The van der Waals surface area contributed by atoms with Crippen LogP contribution in [0.2, 0.25) is 0 Å². The molecule has 0 aliphatic heterocycles. The summed E-state index contributed by atoms with van der Waals surface area (Å²) in [7, 11) is 5.53. The number of nitrogens with zero attached hydrogens (tertiary/aromatic N) is 1. The highest BCUT2D eigenvalue weighted by Crippen LogP contribution is 2.14. The first-order chi connectivity index (χ1) is 26.6. The summed E-state index contributed by atoms with van der Waals surface area (Å²) in [6.45, 7) is 4.72. The first-order valence-corrected chi connectivity index (χ1v) is 22.9. The van der Waals surface area contributed by atoms with Crippen LogP contribution in [0, 0.1) is 0 Å². The Kier molecular flexibility index (Phi) is 37.1. The third-order valence-corrected chi connectivity index (χ3v) is 10.3. The van der Waals surface area contributed by atoms with Gasteiger partial charge in [0.15, 0.2) is 12.1 Å². The van der Waals surface area contributed by atoms with Gasteiger partial charge < -0.3 is 23.8 Å². The average molecular weight is 779 g/mol. The van der Waals surface area contributed by atoms with Crippen LogP contribution in [-0.4, -0.2) is 80.6 Å². The molecule has 0 radical (unpaired) electrons. The number of hydrogen-bond acceptors (Lipinski definition) is 6. The van der Waals surface area contributed by atoms with Gasteiger partial charge in [0.25, 0.3) is 0 Å². The molecule has 0 rings (SSSR count). The number of hydrogen-bond donors (Lipinski definition) is 1. The highest BCUT2D eigenvalue weighted by atomic mass is 16.6. The topological polar surface area (TPSA) is 99.1 Å². The number of quaternary nitrogens is 1. The molecule has 0 aliphatic carbocycles. The van der Waals surface area contributed by atoms with Gasteiger partial charge in [0.1, 0.15) is 6.61 Å². The third-order valence-electron chi connectivity index (χ3n) is 10.3. The van der Waals surface area contributed by atoms with Crippen molar-refractivity contribution in [2.45, 2.75) is 219 Å². The van der Waals surface area contributed by atoms with E-state index in [-0.39, 0.29) is 36.2 Å². The fraction of sp³-hybridized carbons (Fsp3) is 0.851. The first kappa shape index (κ1) is 52.8. The molecule has 0 bridgehead atoms. The first-order valence-electron chi connectivity index (χ1n) is 22.9. The maximum Gasteiger partial charge on any atom is 0.362 e. The van der Waals surface area contributed by atoms with Crippen molar-refractivity contribution in [3.8, 4) is 0 Å². The van der Waals surface area contributed by atoms with Crippen LogP contribution in [0.1, 0.15) is 206 Å². The largest absolute Gasteiger partial charge is 0.477 e. The Morgan fingerprint density at radius 1 is 0.527 bits per heavy atom. The molecular formula is C47H88NO7+. The van der Waals surface area contributed by atoms with Gasteiger partial charge in [-0.05, 0) is 64.2 Å². The molecule has 0 aromatic carbocycles. The van der Waals surface area contributed by atoms with Crippen LogP contribution in [-0.2, 0) is 28.6 Å². The second-order valence-electron chi connectivity index (χ2n) is 16.7. The van der Waals surface area contributed by atoms with Crippen LogP contribution < -0.4 is 0 Å². The number of carbonyl (C=O) groups excluding carboxylic acids is 2. The molecule has 0 aliphatic rings. The lowest BCUT2D eigenvalue weighted by atomic mass is 10.1. The summed E-state index contributed by atoms with van der Waals surface area (Å²) in [5, 5.41) is 9.62. The molecule has 8 nitrogen and oxygen atoms in total. The van der Waals surface area contributed by atoms with Gasteiger partial charge in [-0.2, -0.15) is 0 Å². The number of allylic oxidation sites excluding steroid dienone is 4. The molecule has 0 amide bonds. The summed E-state index contributed by atoms with van der Waals surface area (Å²) in [5.74, 6) is -1.48. The Labute approximate surface area is 339 Å². The minimum absolute atomic E-state index is 0.0541. The summed E-state index contributed by atoms with van der Waals surface area (Å²) in [6, 6.07) is -0.614. The van der Waals surface area contributed by atoms with Gasteiger partial charge in [-0.25, -0.2) is 4.79 Å². The molecule has 0 fully saturated rings. The van der Waals surface area contributed by atoms with E-state index in [0.717, 1.165) is 44.9 Å². The van der Waals surface area contributed by atoms with Gasteiger partial charge in [0.05, 0.1) is 34.4 Å². The number of carboxylic acids is 1. The minimum Gasteiger partial charge on any atom is -0.477 e. The van der Waals surface area contributed by atoms with Gasteiger partial charge in [0, 0.05) is 19.3 Å². The molecule has 1 N–H and O–H groups in total. The second kappa shape index (κ2) is 38.7. The predicted molar refractivity (Wildman–Crippen MR) is 229 cm³/mol. The van der Waals surface area contributed by atoms with Crippen molar-refractivity contribution >= 4 is 17.9 Å². The number of unbranched alkanes of at least 4 members (excludes halogenated alkanes) is 23. The minimum atomic E-state index is -0.875. The van der Waals surface area contributed by atoms with Crippen molar-refractivity contribution in [3.63, 3.8) is 0 Å². The van der Waals surface area contributed by atoms with Crippen molar-refractivity contribution in [2.75, 3.05) is 41.0 Å². The van der Waals surface area contributed by atoms with Gasteiger partial charge in [0.2, 0.25) is 0 Å². The molecule has 0 saturated heterocycles. The number of carboxylic acid groups (broad SMARTS) is 1. The maximum absolute atomic E-state index is 12.7. The van der Waals surface area contributed by atoms with Crippen LogP contribution in [0.15, 0.2) is 24.3 Å². The molecule has 0 aromatic rings. The van der Waals surface area contributed by atoms with Crippen LogP contribution in [0.5, 0.6) is 0 Å². The van der Waals surface area contributed by atoms with Crippen molar-refractivity contribution in [1.82, 2.24) is 0 Å². The maximum atomic E-state index is 12.7. The number of rotatable bonds is 41. The molecule has 0 saturated carbocycles. The monoisotopic (exact) mass is 779 g/mol. The van der Waals surface area contributed by atoms with E-state index in [1.165, 1.54) is 128 Å². The molecule has 0 heterocycles. The van der Waals surface area contributed by atoms with E-state index in [4.69, 9.17) is 14.2 Å². The lowest BCUT2D eigenvalue weighted by Crippen LogP contribution is -2.50. The van der Waals surface area contributed by atoms with E-state index in [0.29, 0.717) is 19.3 Å². The van der Waals surface area contributed by atoms with Crippen molar-refractivity contribution in [3.05, 3.63) is 24.3 Å². The number of aliphatic carboxylic acids is 1. The normalized spacial score (nSPS) is 13.1. The van der Waals surface area contributed by atoms with E-state index in [9.17, 15) is 19.5 Å². The van der Waals surface area contributed by atoms with Crippen molar-refractivity contribution in [2.24, 2.45) is 0 Å². The summed E-state index contributed by atoms with van der Waals surface area (Å²) < 4.78 is 17.3. The lowest BCUT2D eigenvalue weighted by molar-refractivity contribution is -0.887. The van der Waals surface area contributed by atoms with E-state index in [1.807, 2.05) is 21.1 Å². The van der Waals surface area contributed by atoms with Gasteiger partial charge in [-0.15, -0.1) is 0 Å². The lowest BCUT2D eigenvalue weighted by Gasteiger charge is -2.31. The zero-order chi connectivity index (χ0) is 40.7. The molecule has 2 unspecified atom stereocenters. The number of likely N-dealkylation sites (N-methyl/N-ethyl adjacent to an activating group) is 1. The van der Waals surface area contributed by atoms with E-state index in [1.54, 1.807) is 0 Å². The standard InChI is InChI=1S/C47H87NO7/c1-6-8-10-12-14-16-18-20-22-24-25-27-29-31-33-35-37-45(49)54-42-43(41-53-40-39-44(47(51)52)48(3,4)5)55-46(50)38-36-34-32-30-28-26-23-21-19-17-15-13-11-9-7-2/h17,19,22,24,43-44H,6-16,18,20-21,23,25-42H2,1-5H3/p+1/b19-17+,24-22+. The van der Waals surface area contributed by atoms with Crippen LogP contribution in [0.3, 0.4) is 0 Å². The zero-order valence-electron chi connectivity index (χ0n) is 36.6. The van der Waals surface area contributed by atoms with Gasteiger partial charge in [-0.3, -0.25) is 9.59 Å². The van der Waals surface area contributed by atoms with Crippen LogP contribution in [0.4, 0.5) is 0 Å². The molecule has 2 atom stereocenters. The Morgan fingerprint density at radius 2 is 0.909 bits per heavy atom. The van der Waals surface area contributed by atoms with Crippen LogP contribution >= 0.6 is 0 Å². The summed E-state index contributed by atoms with van der Waals surface area (Å²) in [4.78, 5) is 37.0. The van der Waals surface area contributed by atoms with E-state index >= 15 is 0 Å². The van der Waals surface area contributed by atoms with E-state index in [2.05, 4.69) is 38.2 Å². The molecule has 55 heavy (non-hydrogen) atoms. The summed E-state index contributed by atoms with van der Waals surface area (Å²) in [6.07, 6.45) is 42.1.